The van der Waals surface area contributed by atoms with Gasteiger partial charge in [-0.3, -0.25) is 9.59 Å². The van der Waals surface area contributed by atoms with Crippen molar-refractivity contribution in [2.45, 2.75) is 322 Å². The van der Waals surface area contributed by atoms with Gasteiger partial charge in [0.15, 0.2) is 12.4 Å². The average molecular weight is 1030 g/mol. The zero-order chi connectivity index (χ0) is 53.4. The molecule has 0 radical (unpaired) electrons. The third-order valence-corrected chi connectivity index (χ3v) is 14.2. The van der Waals surface area contributed by atoms with Gasteiger partial charge in [-0.2, -0.15) is 0 Å². The summed E-state index contributed by atoms with van der Waals surface area (Å²) in [4.78, 5) is 37.3. The molecule has 0 bridgehead atoms. The predicted octanol–water partition coefficient (Wildman–Crippen LogP) is 17.4. The van der Waals surface area contributed by atoms with Gasteiger partial charge in [0.25, 0.3) is 0 Å². The van der Waals surface area contributed by atoms with Crippen molar-refractivity contribution in [3.63, 3.8) is 0 Å². The Morgan fingerprint density at radius 2 is 0.740 bits per heavy atom. The van der Waals surface area contributed by atoms with E-state index < -0.39 is 24.3 Å². The molecule has 0 aromatic heterocycles. The first-order valence-electron chi connectivity index (χ1n) is 31.5. The van der Waals surface area contributed by atoms with Crippen molar-refractivity contribution < 1.29 is 42.9 Å². The Morgan fingerprint density at radius 1 is 0.411 bits per heavy atom. The molecule has 0 aromatic carbocycles. The van der Waals surface area contributed by atoms with Crippen LogP contribution in [-0.2, 0) is 33.3 Å². The van der Waals surface area contributed by atoms with Crippen molar-refractivity contribution >= 4 is 17.9 Å². The first kappa shape index (κ1) is 70.8. The quantitative estimate of drug-likeness (QED) is 0.0195. The van der Waals surface area contributed by atoms with Crippen LogP contribution in [0.25, 0.3) is 0 Å². The van der Waals surface area contributed by atoms with E-state index in [-0.39, 0.29) is 32.2 Å². The van der Waals surface area contributed by atoms with E-state index in [4.69, 9.17) is 18.9 Å². The molecule has 73 heavy (non-hydrogen) atoms. The summed E-state index contributed by atoms with van der Waals surface area (Å²) in [5.74, 6) is -2.26. The Labute approximate surface area is 452 Å². The lowest BCUT2D eigenvalue weighted by molar-refractivity contribution is -0.870. The highest BCUT2D eigenvalue weighted by atomic mass is 16.7. The maximum absolute atomic E-state index is 12.9. The van der Waals surface area contributed by atoms with Crippen molar-refractivity contribution in [2.24, 2.45) is 0 Å². The van der Waals surface area contributed by atoms with Crippen LogP contribution in [0.5, 0.6) is 0 Å². The molecular weight excluding hydrogens is 911 g/mol. The van der Waals surface area contributed by atoms with E-state index in [0.717, 1.165) is 44.9 Å². The van der Waals surface area contributed by atoms with Gasteiger partial charge in [-0.05, 0) is 44.9 Å². The van der Waals surface area contributed by atoms with Gasteiger partial charge >= 0.3 is 11.9 Å². The number of unbranched alkanes of at least 4 members (excludes halogenated alkanes) is 40. The zero-order valence-electron chi connectivity index (χ0n) is 49.0. The summed E-state index contributed by atoms with van der Waals surface area (Å²) in [6.07, 6.45) is 63.9. The minimum absolute atomic E-state index is 0.152. The van der Waals surface area contributed by atoms with E-state index in [1.165, 1.54) is 238 Å². The van der Waals surface area contributed by atoms with E-state index >= 15 is 0 Å². The monoisotopic (exact) mass is 1030 g/mol. The van der Waals surface area contributed by atoms with Crippen LogP contribution in [0.1, 0.15) is 309 Å². The minimum atomic E-state index is -1.62. The molecule has 0 heterocycles. The number of ether oxygens (including phenoxy) is 4. The molecule has 430 valence electrons. The van der Waals surface area contributed by atoms with E-state index in [9.17, 15) is 19.5 Å². The third-order valence-electron chi connectivity index (χ3n) is 14.2. The summed E-state index contributed by atoms with van der Waals surface area (Å²) < 4.78 is 22.7. The van der Waals surface area contributed by atoms with Crippen LogP contribution >= 0.6 is 0 Å². The number of carboxylic acids is 1. The van der Waals surface area contributed by atoms with Crippen LogP contribution in [-0.4, -0.2) is 82.3 Å². The topological polar surface area (TPSA) is 111 Å². The highest BCUT2D eigenvalue weighted by molar-refractivity contribution is 5.70. The van der Waals surface area contributed by atoms with Gasteiger partial charge < -0.3 is 33.3 Å². The van der Waals surface area contributed by atoms with Gasteiger partial charge in [-0.15, -0.1) is 0 Å². The van der Waals surface area contributed by atoms with Gasteiger partial charge in [0, 0.05) is 12.8 Å². The maximum Gasteiger partial charge on any atom is 0.306 e. The lowest BCUT2D eigenvalue weighted by Gasteiger charge is -2.26. The van der Waals surface area contributed by atoms with Gasteiger partial charge in [0.05, 0.1) is 40.3 Å². The van der Waals surface area contributed by atoms with Gasteiger partial charge in [0.2, 0.25) is 0 Å². The molecule has 0 spiro atoms. The Bertz CT molecular complexity index is 1250. The van der Waals surface area contributed by atoms with Crippen molar-refractivity contribution in [1.82, 2.24) is 0 Å². The van der Waals surface area contributed by atoms with Gasteiger partial charge in [-0.25, -0.2) is 0 Å². The number of likely N-dealkylation sites (N-methyl/N-ethyl adjacent to an activating group) is 1. The summed E-state index contributed by atoms with van der Waals surface area (Å²) in [6.45, 7) is 4.79. The number of rotatable bonds is 59. The summed E-state index contributed by atoms with van der Waals surface area (Å²) in [7, 11) is 5.93. The second kappa shape index (κ2) is 56.0. The van der Waals surface area contributed by atoms with Crippen LogP contribution in [0.2, 0.25) is 0 Å². The molecule has 9 heteroatoms. The van der Waals surface area contributed by atoms with Crippen LogP contribution in [0.4, 0.5) is 0 Å². The first-order valence-corrected chi connectivity index (χ1v) is 31.5. The number of esters is 2. The molecule has 9 nitrogen and oxygen atoms in total. The van der Waals surface area contributed by atoms with Gasteiger partial charge in [0.1, 0.15) is 13.2 Å². The maximum atomic E-state index is 12.9. The second-order valence-corrected chi connectivity index (χ2v) is 22.7. The number of allylic oxidation sites excluding steroid dienone is 4. The number of nitrogens with zero attached hydrogens (tertiary/aromatic N) is 1. The Hall–Kier alpha value is -2.23. The Morgan fingerprint density at radius 3 is 1.08 bits per heavy atom. The van der Waals surface area contributed by atoms with Crippen LogP contribution in [0, 0.1) is 0 Å². The predicted molar refractivity (Wildman–Crippen MR) is 306 cm³/mol. The molecule has 0 saturated carbocycles. The van der Waals surface area contributed by atoms with E-state index in [2.05, 4.69) is 38.2 Å². The Kier molecular flexibility index (Phi) is 54.3. The molecule has 0 rings (SSSR count). The fourth-order valence-corrected chi connectivity index (χ4v) is 9.33. The molecule has 0 amide bonds. The smallest absolute Gasteiger partial charge is 0.306 e. The molecule has 0 aromatic rings. The number of carboxylic acid groups (broad SMARTS) is 1. The molecule has 2 unspecified atom stereocenters. The first-order chi connectivity index (χ1) is 35.6. The Balaban J connectivity index is 4.04. The van der Waals surface area contributed by atoms with Crippen molar-refractivity contribution in [3.05, 3.63) is 24.3 Å². The number of quaternary nitrogens is 1. The molecule has 0 N–H and O–H groups in total. The van der Waals surface area contributed by atoms with Crippen molar-refractivity contribution in [3.8, 4) is 0 Å². The molecule has 0 fully saturated rings. The zero-order valence-corrected chi connectivity index (χ0v) is 49.0. The van der Waals surface area contributed by atoms with Crippen molar-refractivity contribution in [1.29, 1.82) is 0 Å². The summed E-state index contributed by atoms with van der Waals surface area (Å²) in [6, 6.07) is 0. The molecular formula is C64H121NO8. The van der Waals surface area contributed by atoms with Crippen LogP contribution < -0.4 is 5.11 Å². The largest absolute Gasteiger partial charge is 0.545 e. The summed E-state index contributed by atoms with van der Waals surface area (Å²) >= 11 is 0. The minimum Gasteiger partial charge on any atom is -0.545 e. The normalized spacial score (nSPS) is 12.8. The molecule has 0 saturated heterocycles. The fourth-order valence-electron chi connectivity index (χ4n) is 9.33. The van der Waals surface area contributed by atoms with Gasteiger partial charge in [-0.1, -0.05) is 276 Å². The summed E-state index contributed by atoms with van der Waals surface area (Å²) in [5.41, 5.74) is 0. The number of carbonyl (C=O) groups excluding carboxylic acids is 3. The number of aliphatic carboxylic acids is 1. The molecule has 2 atom stereocenters. The molecule has 0 aliphatic rings. The molecule has 0 aliphatic carbocycles. The van der Waals surface area contributed by atoms with Crippen molar-refractivity contribution in [2.75, 3.05) is 47.5 Å². The van der Waals surface area contributed by atoms with Crippen LogP contribution in [0.3, 0.4) is 0 Å². The lowest BCUT2D eigenvalue weighted by atomic mass is 10.0. The lowest BCUT2D eigenvalue weighted by Crippen LogP contribution is -2.44. The average Bonchev–Trinajstić information content (AvgIpc) is 3.36. The standard InChI is InChI=1S/C64H121NO8/c1-6-8-10-12-14-16-18-20-22-23-24-25-26-27-28-29-30-31-32-33-34-35-36-37-38-39-41-43-45-47-49-51-53-55-62(67)73-60(59-72-64(63(68)69)70-57-56-65(3,4)5)58-71-61(66)54-52-50-48-46-44-42-40-21-19-17-15-13-11-9-7-2/h18,20,23-24,60,64H,6-17,19,21-22,25-59H2,1-5H3/b20-18-,24-23-. The van der Waals surface area contributed by atoms with Crippen LogP contribution in [0.15, 0.2) is 24.3 Å². The molecule has 0 aliphatic heterocycles. The number of hydrogen-bond acceptors (Lipinski definition) is 8. The second-order valence-electron chi connectivity index (χ2n) is 22.7. The SMILES string of the molecule is CCCCCCC/C=C\C/C=C\CCCCCCCCCCCCCCCCCCCCCCCC(=O)OC(COC(=O)CCCCCCCCCCCCCCCCC)COC(OCC[N+](C)(C)C)C(=O)[O-]. The van der Waals surface area contributed by atoms with E-state index in [1.54, 1.807) is 0 Å². The summed E-state index contributed by atoms with van der Waals surface area (Å²) in [5, 5.41) is 11.8. The highest BCUT2D eigenvalue weighted by Crippen LogP contribution is 2.18. The number of hydrogen-bond donors (Lipinski definition) is 0. The van der Waals surface area contributed by atoms with E-state index in [1.807, 2.05) is 21.1 Å². The number of carbonyl (C=O) groups is 3. The third kappa shape index (κ3) is 57.3. The van der Waals surface area contributed by atoms with E-state index in [0.29, 0.717) is 17.4 Å². The highest BCUT2D eigenvalue weighted by Gasteiger charge is 2.22. The fraction of sp³-hybridized carbons (Fsp3) is 0.891.